The molecule has 2 saturated heterocycles. The van der Waals surface area contributed by atoms with Crippen molar-refractivity contribution in [2.24, 2.45) is 10.9 Å². The van der Waals surface area contributed by atoms with Crippen molar-refractivity contribution in [3.8, 4) is 0 Å². The van der Waals surface area contributed by atoms with Crippen LogP contribution in [-0.4, -0.2) is 85.0 Å². The molecule has 1 N–H and O–H groups in total. The Balaban J connectivity index is 1.87. The number of carbonyl (C=O) groups is 1. The minimum Gasteiger partial charge on any atom is -0.357 e. The van der Waals surface area contributed by atoms with Gasteiger partial charge >= 0.3 is 0 Å². The minimum absolute atomic E-state index is 0.000615. The van der Waals surface area contributed by atoms with E-state index in [1.807, 2.05) is 4.90 Å². The van der Waals surface area contributed by atoms with Crippen molar-refractivity contribution >= 4 is 11.9 Å². The normalized spacial score (nSPS) is 20.7. The highest BCUT2D eigenvalue weighted by Crippen LogP contribution is 2.14. The van der Waals surface area contributed by atoms with Gasteiger partial charge in [-0.05, 0) is 32.6 Å². The molecule has 0 saturated carbocycles. The lowest BCUT2D eigenvalue weighted by Gasteiger charge is -2.39. The summed E-state index contributed by atoms with van der Waals surface area (Å²) in [6.45, 7) is 16.1. The Bertz CT molecular complexity index is 449. The zero-order chi connectivity index (χ0) is 18.9. The lowest BCUT2D eigenvalue weighted by molar-refractivity contribution is -0.135. The molecule has 6 heteroatoms. The lowest BCUT2D eigenvalue weighted by Crippen LogP contribution is -2.57. The molecule has 2 aliphatic heterocycles. The molecule has 1 unspecified atom stereocenters. The van der Waals surface area contributed by atoms with E-state index in [4.69, 9.17) is 4.99 Å². The summed E-state index contributed by atoms with van der Waals surface area (Å²) in [5.41, 5.74) is 0. The van der Waals surface area contributed by atoms with E-state index in [0.717, 1.165) is 71.2 Å². The van der Waals surface area contributed by atoms with Gasteiger partial charge in [-0.15, -0.1) is 0 Å². The molecule has 26 heavy (non-hydrogen) atoms. The number of hydrogen-bond acceptors (Lipinski definition) is 3. The van der Waals surface area contributed by atoms with Crippen molar-refractivity contribution in [3.63, 3.8) is 0 Å². The maximum atomic E-state index is 12.6. The van der Waals surface area contributed by atoms with Gasteiger partial charge in [0, 0.05) is 52.4 Å². The number of nitrogens with zero attached hydrogens (tertiary/aromatic N) is 4. The second-order valence-corrected chi connectivity index (χ2v) is 7.61. The van der Waals surface area contributed by atoms with Gasteiger partial charge in [-0.25, -0.2) is 0 Å². The van der Waals surface area contributed by atoms with Crippen LogP contribution in [0.25, 0.3) is 0 Å². The van der Waals surface area contributed by atoms with Gasteiger partial charge in [-0.1, -0.05) is 26.7 Å². The largest absolute Gasteiger partial charge is 0.357 e. The third kappa shape index (κ3) is 5.60. The number of piperazine rings is 1. The first-order valence-corrected chi connectivity index (χ1v) is 10.7. The van der Waals surface area contributed by atoms with E-state index in [1.54, 1.807) is 0 Å². The molecule has 2 aliphatic rings. The molecule has 0 aromatic rings. The number of nitrogens with one attached hydrogen (secondary N) is 1. The number of guanidine groups is 1. The third-order valence-electron chi connectivity index (χ3n) is 5.93. The lowest BCUT2D eigenvalue weighted by atomic mass is 10.0. The summed E-state index contributed by atoms with van der Waals surface area (Å²) in [5, 5.41) is 3.45. The van der Waals surface area contributed by atoms with Crippen molar-refractivity contribution in [2.45, 2.75) is 59.4 Å². The van der Waals surface area contributed by atoms with Crippen molar-refractivity contribution < 1.29 is 4.79 Å². The number of rotatable bonds is 7. The highest BCUT2D eigenvalue weighted by molar-refractivity contribution is 5.82. The molecule has 0 radical (unpaired) electrons. The van der Waals surface area contributed by atoms with Crippen molar-refractivity contribution in [1.82, 2.24) is 20.0 Å². The van der Waals surface area contributed by atoms with Crippen LogP contribution in [0, 0.1) is 5.92 Å². The number of hydrogen-bond donors (Lipinski definition) is 1. The Kier molecular flexibility index (Phi) is 8.69. The zero-order valence-corrected chi connectivity index (χ0v) is 17.3. The molecule has 1 atom stereocenters. The molecule has 0 aliphatic carbocycles. The van der Waals surface area contributed by atoms with Crippen LogP contribution in [-0.2, 0) is 4.79 Å². The minimum atomic E-state index is -0.000615. The maximum Gasteiger partial charge on any atom is 0.239 e. The first-order valence-electron chi connectivity index (χ1n) is 10.7. The van der Waals surface area contributed by atoms with E-state index < -0.39 is 0 Å². The zero-order valence-electron chi connectivity index (χ0n) is 17.3. The Morgan fingerprint density at radius 2 is 1.58 bits per heavy atom. The molecular formula is C20H39N5O. The topological polar surface area (TPSA) is 51.2 Å². The fourth-order valence-electron chi connectivity index (χ4n) is 3.87. The van der Waals surface area contributed by atoms with Gasteiger partial charge in [0.2, 0.25) is 5.91 Å². The van der Waals surface area contributed by atoms with E-state index in [0.29, 0.717) is 11.8 Å². The van der Waals surface area contributed by atoms with Crippen molar-refractivity contribution in [1.29, 1.82) is 0 Å². The Morgan fingerprint density at radius 1 is 0.962 bits per heavy atom. The molecule has 6 nitrogen and oxygen atoms in total. The van der Waals surface area contributed by atoms with Gasteiger partial charge in [-0.3, -0.25) is 14.7 Å². The smallest absolute Gasteiger partial charge is 0.239 e. The van der Waals surface area contributed by atoms with E-state index in [9.17, 15) is 4.79 Å². The number of carbonyl (C=O) groups excluding carboxylic acids is 1. The van der Waals surface area contributed by atoms with Gasteiger partial charge in [-0.2, -0.15) is 0 Å². The quantitative estimate of drug-likeness (QED) is 0.554. The predicted octanol–water partition coefficient (Wildman–Crippen LogP) is 2.02. The predicted molar refractivity (Wildman–Crippen MR) is 108 cm³/mol. The van der Waals surface area contributed by atoms with Crippen molar-refractivity contribution in [3.05, 3.63) is 0 Å². The van der Waals surface area contributed by atoms with Crippen LogP contribution < -0.4 is 5.32 Å². The molecule has 2 heterocycles. The fraction of sp³-hybridized carbons (Fsp3) is 0.900. The molecule has 0 spiro atoms. The molecule has 0 aromatic carbocycles. The first-order chi connectivity index (χ1) is 12.6. The molecule has 0 aromatic heterocycles. The summed E-state index contributed by atoms with van der Waals surface area (Å²) in [6, 6.07) is -0.000615. The monoisotopic (exact) mass is 365 g/mol. The highest BCUT2D eigenvalue weighted by Gasteiger charge is 2.30. The highest BCUT2D eigenvalue weighted by atomic mass is 16.2. The van der Waals surface area contributed by atoms with Gasteiger partial charge in [0.25, 0.3) is 0 Å². The Labute approximate surface area is 160 Å². The summed E-state index contributed by atoms with van der Waals surface area (Å²) in [4.78, 5) is 24.3. The summed E-state index contributed by atoms with van der Waals surface area (Å²) in [6.07, 6.45) is 4.68. The van der Waals surface area contributed by atoms with Crippen LogP contribution in [0.5, 0.6) is 0 Å². The first kappa shape index (κ1) is 21.0. The standard InChI is InChI=1S/C20H39N5O/c1-5-18(6-2)16-22-20(21-7-3)25-14-12-23(13-15-25)17(4)19(26)24-10-8-9-11-24/h17-18H,5-16H2,1-4H3,(H,21,22). The van der Waals surface area contributed by atoms with E-state index in [1.165, 1.54) is 12.8 Å². The molecule has 150 valence electrons. The van der Waals surface area contributed by atoms with Crippen LogP contribution in [0.3, 0.4) is 0 Å². The van der Waals surface area contributed by atoms with E-state index in [2.05, 4.69) is 42.8 Å². The average molecular weight is 366 g/mol. The van der Waals surface area contributed by atoms with Crippen LogP contribution >= 0.6 is 0 Å². The van der Waals surface area contributed by atoms with Crippen LogP contribution in [0.4, 0.5) is 0 Å². The Hall–Kier alpha value is -1.30. The fourth-order valence-corrected chi connectivity index (χ4v) is 3.87. The van der Waals surface area contributed by atoms with Gasteiger partial charge in [0.15, 0.2) is 5.96 Å². The van der Waals surface area contributed by atoms with E-state index >= 15 is 0 Å². The van der Waals surface area contributed by atoms with Gasteiger partial charge < -0.3 is 15.1 Å². The number of amides is 1. The van der Waals surface area contributed by atoms with Crippen molar-refractivity contribution in [2.75, 3.05) is 52.4 Å². The average Bonchev–Trinajstić information content (AvgIpc) is 3.21. The maximum absolute atomic E-state index is 12.6. The van der Waals surface area contributed by atoms with Crippen LogP contribution in [0.15, 0.2) is 4.99 Å². The molecule has 2 rings (SSSR count). The van der Waals surface area contributed by atoms with Gasteiger partial charge in [0.1, 0.15) is 0 Å². The SMILES string of the molecule is CCNC(=NCC(CC)CC)N1CCN(C(C)C(=O)N2CCCC2)CC1. The second-order valence-electron chi connectivity index (χ2n) is 7.61. The second kappa shape index (κ2) is 10.8. The molecule has 1 amide bonds. The Morgan fingerprint density at radius 3 is 2.12 bits per heavy atom. The summed E-state index contributed by atoms with van der Waals surface area (Å²) < 4.78 is 0. The van der Waals surface area contributed by atoms with Crippen LogP contribution in [0.2, 0.25) is 0 Å². The molecular weight excluding hydrogens is 326 g/mol. The molecule has 2 fully saturated rings. The number of likely N-dealkylation sites (tertiary alicyclic amines) is 1. The summed E-state index contributed by atoms with van der Waals surface area (Å²) in [5.74, 6) is 2.02. The number of aliphatic imine (C=N–C) groups is 1. The molecule has 0 bridgehead atoms. The summed E-state index contributed by atoms with van der Waals surface area (Å²) in [7, 11) is 0. The van der Waals surface area contributed by atoms with Crippen LogP contribution in [0.1, 0.15) is 53.4 Å². The van der Waals surface area contributed by atoms with Gasteiger partial charge in [0.05, 0.1) is 6.04 Å². The summed E-state index contributed by atoms with van der Waals surface area (Å²) >= 11 is 0. The van der Waals surface area contributed by atoms with E-state index in [-0.39, 0.29) is 6.04 Å². The third-order valence-corrected chi connectivity index (χ3v) is 5.93.